The van der Waals surface area contributed by atoms with Gasteiger partial charge in [-0.25, -0.2) is 9.37 Å². The normalized spacial score (nSPS) is 23.7. The lowest BCUT2D eigenvalue weighted by Gasteiger charge is -2.30. The molecule has 0 unspecified atom stereocenters. The maximum absolute atomic E-state index is 13.8. The number of aromatic nitrogens is 2. The third-order valence-electron chi connectivity index (χ3n) is 5.01. The largest absolute Gasteiger partial charge is 0.496 e. The minimum atomic E-state index is -0.749. The zero-order chi connectivity index (χ0) is 18.6. The molecule has 1 N–H and O–H groups in total. The second-order valence-corrected chi connectivity index (χ2v) is 6.52. The number of carbonyl (C=O) groups is 1. The second kappa shape index (κ2) is 9.14. The third kappa shape index (κ3) is 4.39. The monoisotopic (exact) mass is 399 g/mol. The number of hydrogen-bond acceptors (Lipinski definition) is 6. The molecule has 9 heteroatoms. The van der Waals surface area contributed by atoms with E-state index in [0.29, 0.717) is 25.6 Å². The molecule has 0 saturated carbocycles. The summed E-state index contributed by atoms with van der Waals surface area (Å²) >= 11 is 0. The van der Waals surface area contributed by atoms with E-state index in [2.05, 4.69) is 14.9 Å². The van der Waals surface area contributed by atoms with E-state index < -0.39 is 6.17 Å². The van der Waals surface area contributed by atoms with E-state index in [1.54, 1.807) is 13.3 Å². The molecule has 27 heavy (non-hydrogen) atoms. The molecule has 2 atom stereocenters. The van der Waals surface area contributed by atoms with Gasteiger partial charge in [0.05, 0.1) is 23.6 Å². The molecule has 148 valence electrons. The van der Waals surface area contributed by atoms with E-state index in [-0.39, 0.29) is 24.4 Å². The summed E-state index contributed by atoms with van der Waals surface area (Å²) in [4.78, 5) is 19.3. The van der Waals surface area contributed by atoms with Gasteiger partial charge in [-0.15, -0.1) is 12.4 Å². The second-order valence-electron chi connectivity index (χ2n) is 6.52. The summed E-state index contributed by atoms with van der Waals surface area (Å²) in [6, 6.07) is 6.01. The molecule has 0 spiro atoms. The Kier molecular flexibility index (Phi) is 7.15. The number of fused-ring (bicyclic) bond motifs is 2. The lowest BCUT2D eigenvalue weighted by Crippen LogP contribution is -2.43. The molecule has 2 fully saturated rings. The van der Waals surface area contributed by atoms with E-state index in [0.717, 1.165) is 36.0 Å². The van der Waals surface area contributed by atoms with Crippen LogP contribution in [0.5, 0.6) is 11.8 Å². The Labute approximate surface area is 162 Å². The van der Waals surface area contributed by atoms with Crippen LogP contribution in [-0.4, -0.2) is 65.0 Å². The van der Waals surface area contributed by atoms with Gasteiger partial charge in [0, 0.05) is 19.2 Å². The number of alkyl halides is 1. The van der Waals surface area contributed by atoms with Crippen molar-refractivity contribution in [2.24, 2.45) is 0 Å². The Hall–Kier alpha value is -2.19. The predicted octanol–water partition coefficient (Wildman–Crippen LogP) is 2.72. The summed E-state index contributed by atoms with van der Waals surface area (Å²) in [5.41, 5.74) is 0.608. The van der Waals surface area contributed by atoms with E-state index >= 15 is 0 Å². The summed E-state index contributed by atoms with van der Waals surface area (Å²) in [6.45, 7) is 1.68. The number of nitrogens with zero attached hydrogens (tertiary/aromatic N) is 3. The third-order valence-corrected chi connectivity index (χ3v) is 5.01. The molecule has 0 aliphatic carbocycles. The first kappa shape index (κ1) is 21.1. The van der Waals surface area contributed by atoms with Gasteiger partial charge in [-0.05, 0) is 31.5 Å². The fourth-order valence-corrected chi connectivity index (χ4v) is 3.91. The van der Waals surface area contributed by atoms with Gasteiger partial charge >= 0.3 is 6.01 Å². The van der Waals surface area contributed by atoms with Crippen LogP contribution in [0.3, 0.4) is 0 Å². The molecular weight excluding hydrogens is 377 g/mol. The number of benzene rings is 1. The van der Waals surface area contributed by atoms with E-state index in [1.165, 1.54) is 0 Å². The van der Waals surface area contributed by atoms with Crippen molar-refractivity contribution in [3.8, 4) is 11.8 Å². The predicted molar refractivity (Wildman–Crippen MR) is 101 cm³/mol. The van der Waals surface area contributed by atoms with Crippen LogP contribution in [0.4, 0.5) is 4.39 Å². The molecule has 2 aromatic rings. The minimum absolute atomic E-state index is 0. The van der Waals surface area contributed by atoms with E-state index in [4.69, 9.17) is 19.4 Å². The molecule has 1 aromatic carbocycles. The van der Waals surface area contributed by atoms with Crippen molar-refractivity contribution in [3.63, 3.8) is 0 Å². The Morgan fingerprint density at radius 3 is 3.00 bits per heavy atom. The average molecular weight is 400 g/mol. The van der Waals surface area contributed by atoms with Crippen LogP contribution in [0.25, 0.3) is 10.9 Å². The van der Waals surface area contributed by atoms with Crippen LogP contribution in [-0.2, 0) is 4.79 Å². The number of halogens is 2. The SMILES string of the molecule is COc1cccc2nc(OC[C@@]34CCCN3C[C@H](F)C4)ncc12.Cl.O=CO. The quantitative estimate of drug-likeness (QED) is 0.791. The summed E-state index contributed by atoms with van der Waals surface area (Å²) in [5, 5.41) is 7.74. The maximum Gasteiger partial charge on any atom is 0.316 e. The van der Waals surface area contributed by atoms with E-state index in [1.807, 2.05) is 18.2 Å². The highest BCUT2D eigenvalue weighted by atomic mass is 35.5. The number of hydrogen-bond donors (Lipinski definition) is 1. The molecule has 2 aliphatic rings. The van der Waals surface area contributed by atoms with Crippen LogP contribution in [0, 0.1) is 0 Å². The molecule has 0 bridgehead atoms. The van der Waals surface area contributed by atoms with Gasteiger partial charge < -0.3 is 14.6 Å². The number of methoxy groups -OCH3 is 1. The first-order valence-corrected chi connectivity index (χ1v) is 8.51. The first-order valence-electron chi connectivity index (χ1n) is 8.51. The highest BCUT2D eigenvalue weighted by Crippen LogP contribution is 2.40. The van der Waals surface area contributed by atoms with Crippen LogP contribution < -0.4 is 9.47 Å². The fraction of sp³-hybridized carbons (Fsp3) is 0.500. The van der Waals surface area contributed by atoms with Gasteiger partial charge in [0.25, 0.3) is 6.47 Å². The molecule has 4 rings (SSSR count). The highest BCUT2D eigenvalue weighted by molar-refractivity contribution is 5.85. The highest BCUT2D eigenvalue weighted by Gasteiger charge is 2.49. The van der Waals surface area contributed by atoms with Crippen LogP contribution in [0.1, 0.15) is 19.3 Å². The van der Waals surface area contributed by atoms with Gasteiger partial charge in [-0.1, -0.05) is 6.07 Å². The Bertz CT molecular complexity index is 781. The standard InChI is InChI=1S/C17H20FN3O2.CH2O2.ClH/c1-22-15-5-2-4-14-13(15)9-19-16(20-14)23-11-17-6-3-7-21(17)10-12(18)8-17;2-1-3;/h2,4-5,9,12H,3,6-8,10-11H2,1H3;1H,(H,2,3);1H/t12-,17+;;/m1../s1. The minimum Gasteiger partial charge on any atom is -0.496 e. The fourth-order valence-electron chi connectivity index (χ4n) is 3.91. The molecule has 7 nitrogen and oxygen atoms in total. The number of rotatable bonds is 4. The first-order chi connectivity index (χ1) is 12.6. The van der Waals surface area contributed by atoms with Gasteiger partial charge in [-0.2, -0.15) is 4.98 Å². The average Bonchev–Trinajstić information content (AvgIpc) is 3.15. The number of carboxylic acid groups (broad SMARTS) is 1. The Morgan fingerprint density at radius 2 is 2.26 bits per heavy atom. The van der Waals surface area contributed by atoms with Crippen molar-refractivity contribution < 1.29 is 23.8 Å². The van der Waals surface area contributed by atoms with Crippen molar-refractivity contribution in [3.05, 3.63) is 24.4 Å². The topological polar surface area (TPSA) is 84.8 Å². The molecule has 0 amide bonds. The molecule has 3 heterocycles. The van der Waals surface area contributed by atoms with Crippen LogP contribution in [0.15, 0.2) is 24.4 Å². The molecule has 2 saturated heterocycles. The van der Waals surface area contributed by atoms with Crippen molar-refractivity contribution in [1.82, 2.24) is 14.9 Å². The molecular formula is C18H23ClFN3O4. The van der Waals surface area contributed by atoms with Gasteiger partial charge in [-0.3, -0.25) is 9.69 Å². The lowest BCUT2D eigenvalue weighted by atomic mass is 9.95. The Balaban J connectivity index is 0.000000614. The van der Waals surface area contributed by atoms with Crippen molar-refractivity contribution >= 4 is 29.8 Å². The zero-order valence-electron chi connectivity index (χ0n) is 15.0. The molecule has 2 aliphatic heterocycles. The Morgan fingerprint density at radius 1 is 1.48 bits per heavy atom. The van der Waals surface area contributed by atoms with Crippen LogP contribution in [0.2, 0.25) is 0 Å². The van der Waals surface area contributed by atoms with Crippen molar-refractivity contribution in [2.45, 2.75) is 31.0 Å². The van der Waals surface area contributed by atoms with Gasteiger partial charge in [0.2, 0.25) is 0 Å². The summed E-state index contributed by atoms with van der Waals surface area (Å²) in [6.07, 6.45) is 3.60. The summed E-state index contributed by atoms with van der Waals surface area (Å²) in [7, 11) is 1.63. The molecule has 1 aromatic heterocycles. The smallest absolute Gasteiger partial charge is 0.316 e. The molecule has 0 radical (unpaired) electrons. The maximum atomic E-state index is 13.8. The van der Waals surface area contributed by atoms with Gasteiger partial charge in [0.15, 0.2) is 0 Å². The van der Waals surface area contributed by atoms with Crippen molar-refractivity contribution in [1.29, 1.82) is 0 Å². The zero-order valence-corrected chi connectivity index (χ0v) is 15.8. The van der Waals surface area contributed by atoms with Gasteiger partial charge in [0.1, 0.15) is 18.5 Å². The summed E-state index contributed by atoms with van der Waals surface area (Å²) < 4.78 is 24.9. The van der Waals surface area contributed by atoms with E-state index in [9.17, 15) is 4.39 Å². The van der Waals surface area contributed by atoms with Crippen molar-refractivity contribution in [2.75, 3.05) is 26.8 Å². The lowest BCUT2D eigenvalue weighted by molar-refractivity contribution is -0.122. The number of ether oxygens (including phenoxy) is 2. The van der Waals surface area contributed by atoms with Crippen LogP contribution >= 0.6 is 12.4 Å². The summed E-state index contributed by atoms with van der Waals surface area (Å²) in [5.74, 6) is 0.741.